The first-order valence-corrected chi connectivity index (χ1v) is 12.5. The maximum atomic E-state index is 13.8. The van der Waals surface area contributed by atoms with Crippen LogP contribution in [0, 0.1) is 20.8 Å². The molecule has 0 bridgehead atoms. The number of ether oxygens (including phenoxy) is 1. The van der Waals surface area contributed by atoms with Crippen molar-refractivity contribution >= 4 is 5.91 Å². The predicted octanol–water partition coefficient (Wildman–Crippen LogP) is 5.66. The number of nitrogens with one attached hydrogen (secondary N) is 2. The van der Waals surface area contributed by atoms with Crippen LogP contribution in [0.15, 0.2) is 97.1 Å². The molecule has 0 fully saturated rings. The molecule has 0 aliphatic rings. The van der Waals surface area contributed by atoms with Gasteiger partial charge in [-0.3, -0.25) is 10.2 Å². The van der Waals surface area contributed by atoms with Gasteiger partial charge in [0, 0.05) is 0 Å². The summed E-state index contributed by atoms with van der Waals surface area (Å²) in [5, 5.41) is 12.0. The fourth-order valence-corrected chi connectivity index (χ4v) is 4.53. The average Bonchev–Trinajstić information content (AvgIpc) is 2.89. The Bertz CT molecular complexity index is 1320. The number of aliphatic hydroxyl groups is 1. The van der Waals surface area contributed by atoms with E-state index in [1.807, 2.05) is 107 Å². The van der Waals surface area contributed by atoms with Crippen molar-refractivity contribution in [3.8, 4) is 5.75 Å². The van der Waals surface area contributed by atoms with E-state index < -0.39 is 11.5 Å². The number of benzene rings is 4. The lowest BCUT2D eigenvalue weighted by atomic mass is 9.84. The minimum Gasteiger partial charge on any atom is -0.494 e. The number of rotatable bonds is 9. The Kier molecular flexibility index (Phi) is 8.07. The lowest BCUT2D eigenvalue weighted by Gasteiger charge is -2.30. The molecule has 0 aliphatic heterocycles. The van der Waals surface area contributed by atoms with Crippen molar-refractivity contribution in [3.63, 3.8) is 0 Å². The van der Waals surface area contributed by atoms with Crippen LogP contribution in [0.2, 0.25) is 0 Å². The second-order valence-electron chi connectivity index (χ2n) is 9.40. The molecule has 5 heteroatoms. The molecular formula is C32H34N2O3. The molecule has 37 heavy (non-hydrogen) atoms. The Morgan fingerprint density at radius 1 is 0.784 bits per heavy atom. The highest BCUT2D eigenvalue weighted by molar-refractivity contribution is 5.90. The zero-order chi connectivity index (χ0) is 26.4. The summed E-state index contributed by atoms with van der Waals surface area (Å²) < 4.78 is 5.60. The standard InChI is InChI=1S/C32H34N2O3/c1-5-37-29-17-15-25(16-18-29)30(26-12-6-9-22(2)19-26)33-34-31(35)32(36,27-13-7-10-23(3)20-27)28-14-8-11-24(4)21-28/h6-21,30,33,36H,5H2,1-4H3,(H,34,35). The topological polar surface area (TPSA) is 70.6 Å². The quantitative estimate of drug-likeness (QED) is 0.263. The van der Waals surface area contributed by atoms with Gasteiger partial charge in [-0.2, -0.15) is 0 Å². The highest BCUT2D eigenvalue weighted by Crippen LogP contribution is 2.32. The highest BCUT2D eigenvalue weighted by atomic mass is 16.5. The Morgan fingerprint density at radius 3 is 1.84 bits per heavy atom. The molecule has 5 nitrogen and oxygen atoms in total. The summed E-state index contributed by atoms with van der Waals surface area (Å²) in [6.45, 7) is 8.45. The third-order valence-electron chi connectivity index (χ3n) is 6.43. The van der Waals surface area contributed by atoms with E-state index in [0.717, 1.165) is 33.6 Å². The second kappa shape index (κ2) is 11.4. The zero-order valence-corrected chi connectivity index (χ0v) is 21.8. The van der Waals surface area contributed by atoms with Crippen LogP contribution in [0.5, 0.6) is 5.75 Å². The number of aryl methyl sites for hydroxylation is 3. The molecule has 1 atom stereocenters. The number of carbonyl (C=O) groups is 1. The van der Waals surface area contributed by atoms with Crippen LogP contribution in [0.3, 0.4) is 0 Å². The van der Waals surface area contributed by atoms with Crippen LogP contribution in [-0.2, 0) is 10.4 Å². The predicted molar refractivity (Wildman–Crippen MR) is 147 cm³/mol. The Hall–Kier alpha value is -3.93. The molecule has 3 N–H and O–H groups in total. The molecule has 190 valence electrons. The maximum absolute atomic E-state index is 13.8. The summed E-state index contributed by atoms with van der Waals surface area (Å²) in [7, 11) is 0. The molecule has 0 saturated heterocycles. The zero-order valence-electron chi connectivity index (χ0n) is 21.8. The molecule has 0 heterocycles. The first kappa shape index (κ1) is 26.1. The van der Waals surface area contributed by atoms with Crippen LogP contribution in [0.4, 0.5) is 0 Å². The van der Waals surface area contributed by atoms with Gasteiger partial charge in [0.2, 0.25) is 0 Å². The van der Waals surface area contributed by atoms with Crippen molar-refractivity contribution < 1.29 is 14.6 Å². The fourth-order valence-electron chi connectivity index (χ4n) is 4.53. The molecule has 0 aromatic heterocycles. The molecule has 4 aromatic rings. The van der Waals surface area contributed by atoms with E-state index in [2.05, 4.69) is 16.9 Å². The van der Waals surface area contributed by atoms with Gasteiger partial charge in [-0.15, -0.1) is 0 Å². The number of amides is 1. The van der Waals surface area contributed by atoms with Gasteiger partial charge >= 0.3 is 0 Å². The Labute approximate surface area is 219 Å². The summed E-state index contributed by atoms with van der Waals surface area (Å²) in [6.07, 6.45) is 0. The summed E-state index contributed by atoms with van der Waals surface area (Å²) >= 11 is 0. The average molecular weight is 495 g/mol. The van der Waals surface area contributed by atoms with Gasteiger partial charge in [0.25, 0.3) is 5.91 Å². The van der Waals surface area contributed by atoms with Crippen molar-refractivity contribution in [1.82, 2.24) is 10.9 Å². The Morgan fingerprint density at radius 2 is 1.32 bits per heavy atom. The number of hydrazine groups is 1. The van der Waals surface area contributed by atoms with E-state index in [1.54, 1.807) is 12.1 Å². The molecule has 4 aromatic carbocycles. The fraction of sp³-hybridized carbons (Fsp3) is 0.219. The van der Waals surface area contributed by atoms with Crippen LogP contribution in [-0.4, -0.2) is 17.6 Å². The number of carbonyl (C=O) groups excluding carboxylic acids is 1. The monoisotopic (exact) mass is 494 g/mol. The number of hydrogen-bond acceptors (Lipinski definition) is 4. The van der Waals surface area contributed by atoms with Crippen molar-refractivity contribution in [2.75, 3.05) is 6.61 Å². The van der Waals surface area contributed by atoms with Gasteiger partial charge in [-0.1, -0.05) is 102 Å². The molecule has 0 saturated carbocycles. The summed E-state index contributed by atoms with van der Waals surface area (Å²) in [5.41, 5.74) is 10.1. The first-order valence-electron chi connectivity index (χ1n) is 12.5. The van der Waals surface area contributed by atoms with Crippen molar-refractivity contribution in [2.24, 2.45) is 0 Å². The molecule has 0 spiro atoms. The van der Waals surface area contributed by atoms with Gasteiger partial charge in [0.05, 0.1) is 12.6 Å². The lowest BCUT2D eigenvalue weighted by Crippen LogP contribution is -2.51. The van der Waals surface area contributed by atoms with E-state index in [0.29, 0.717) is 17.7 Å². The third-order valence-corrected chi connectivity index (χ3v) is 6.43. The van der Waals surface area contributed by atoms with E-state index in [-0.39, 0.29) is 6.04 Å². The normalized spacial score (nSPS) is 12.1. The van der Waals surface area contributed by atoms with Gasteiger partial charge in [0.15, 0.2) is 5.60 Å². The Balaban J connectivity index is 1.69. The van der Waals surface area contributed by atoms with Crippen LogP contribution < -0.4 is 15.6 Å². The van der Waals surface area contributed by atoms with Crippen LogP contribution in [0.25, 0.3) is 0 Å². The summed E-state index contributed by atoms with van der Waals surface area (Å²) in [5.74, 6) is 0.221. The smallest absolute Gasteiger partial charge is 0.275 e. The first-order chi connectivity index (χ1) is 17.8. The minimum absolute atomic E-state index is 0.348. The highest BCUT2D eigenvalue weighted by Gasteiger charge is 2.40. The molecule has 1 amide bonds. The van der Waals surface area contributed by atoms with Gasteiger partial charge in [-0.25, -0.2) is 5.43 Å². The summed E-state index contributed by atoms with van der Waals surface area (Å²) in [6, 6.07) is 30.4. The van der Waals surface area contributed by atoms with Crippen molar-refractivity contribution in [1.29, 1.82) is 0 Å². The summed E-state index contributed by atoms with van der Waals surface area (Å²) in [4.78, 5) is 13.8. The van der Waals surface area contributed by atoms with E-state index >= 15 is 0 Å². The minimum atomic E-state index is -1.89. The van der Waals surface area contributed by atoms with Crippen LogP contribution in [0.1, 0.15) is 51.9 Å². The third kappa shape index (κ3) is 5.91. The lowest BCUT2D eigenvalue weighted by molar-refractivity contribution is -0.138. The largest absolute Gasteiger partial charge is 0.494 e. The van der Waals surface area contributed by atoms with Gasteiger partial charge in [-0.05, 0) is 62.1 Å². The van der Waals surface area contributed by atoms with E-state index in [9.17, 15) is 9.90 Å². The molecule has 4 rings (SSSR count). The second-order valence-corrected chi connectivity index (χ2v) is 9.40. The van der Waals surface area contributed by atoms with Crippen molar-refractivity contribution in [2.45, 2.75) is 39.3 Å². The van der Waals surface area contributed by atoms with Crippen molar-refractivity contribution in [3.05, 3.63) is 136 Å². The number of hydrogen-bond donors (Lipinski definition) is 3. The molecular weight excluding hydrogens is 460 g/mol. The molecule has 0 radical (unpaired) electrons. The van der Waals surface area contributed by atoms with E-state index in [4.69, 9.17) is 4.74 Å². The van der Waals surface area contributed by atoms with Gasteiger partial charge < -0.3 is 9.84 Å². The molecule has 1 unspecified atom stereocenters. The van der Waals surface area contributed by atoms with Crippen LogP contribution >= 0.6 is 0 Å². The maximum Gasteiger partial charge on any atom is 0.275 e. The SMILES string of the molecule is CCOc1ccc(C(NNC(=O)C(O)(c2cccc(C)c2)c2cccc(C)c2)c2cccc(C)c2)cc1. The van der Waals surface area contributed by atoms with E-state index in [1.165, 1.54) is 0 Å². The molecule has 0 aliphatic carbocycles. The van der Waals surface area contributed by atoms with Gasteiger partial charge in [0.1, 0.15) is 5.75 Å².